The van der Waals surface area contributed by atoms with E-state index in [1.165, 1.54) is 11.1 Å². The maximum Gasteiger partial charge on any atom is 0.306 e. The van der Waals surface area contributed by atoms with E-state index in [1.807, 2.05) is 30.3 Å². The molecule has 1 aliphatic carbocycles. The Labute approximate surface area is 166 Å². The molecule has 0 spiro atoms. The van der Waals surface area contributed by atoms with E-state index in [1.54, 1.807) is 0 Å². The molecule has 3 aliphatic rings. The first-order valence-electron chi connectivity index (χ1n) is 9.53. The molecule has 140 valence electrons. The topological polar surface area (TPSA) is 48.1 Å². The van der Waals surface area contributed by atoms with Gasteiger partial charge in [0.2, 0.25) is 0 Å². The fraction of sp³-hybridized carbons (Fsp3) is 0.409. The number of epoxide rings is 1. The molecule has 4 atom stereocenters. The van der Waals surface area contributed by atoms with Gasteiger partial charge in [0.15, 0.2) is 0 Å². The molecule has 2 heterocycles. The Kier molecular flexibility index (Phi) is 4.44. The highest BCUT2D eigenvalue weighted by Crippen LogP contribution is 2.57. The van der Waals surface area contributed by atoms with Crippen molar-refractivity contribution in [3.05, 3.63) is 63.6 Å². The average molecular weight is 429 g/mol. The second-order valence-corrected chi connectivity index (χ2v) is 8.46. The van der Waals surface area contributed by atoms with Crippen molar-refractivity contribution in [2.24, 2.45) is 0 Å². The monoisotopic (exact) mass is 428 g/mol. The third-order valence-electron chi connectivity index (χ3n) is 5.70. The minimum Gasteiger partial charge on any atom is -0.489 e. The van der Waals surface area contributed by atoms with E-state index < -0.39 is 0 Å². The van der Waals surface area contributed by atoms with E-state index in [0.29, 0.717) is 31.2 Å². The Balaban J connectivity index is 1.19. The Bertz CT molecular complexity index is 866. The van der Waals surface area contributed by atoms with Crippen LogP contribution in [-0.4, -0.2) is 24.3 Å². The second-order valence-electron chi connectivity index (χ2n) is 7.54. The summed E-state index contributed by atoms with van der Waals surface area (Å²) < 4.78 is 18.4. The minimum absolute atomic E-state index is 0.155. The number of hydrogen-bond donors (Lipinski definition) is 0. The molecule has 0 bridgehead atoms. The van der Waals surface area contributed by atoms with Crippen LogP contribution in [0.3, 0.4) is 0 Å². The number of carbonyl (C=O) groups excluding carboxylic acids is 1. The van der Waals surface area contributed by atoms with Gasteiger partial charge in [0.1, 0.15) is 18.5 Å². The number of esters is 1. The molecule has 0 N–H and O–H groups in total. The van der Waals surface area contributed by atoms with Crippen LogP contribution in [0.4, 0.5) is 0 Å². The lowest BCUT2D eigenvalue weighted by molar-refractivity contribution is -0.145. The first-order chi connectivity index (χ1) is 13.2. The molecule has 2 aromatic carbocycles. The van der Waals surface area contributed by atoms with Crippen molar-refractivity contribution >= 4 is 21.9 Å². The number of fused-ring (bicyclic) bond motifs is 5. The van der Waals surface area contributed by atoms with E-state index in [-0.39, 0.29) is 12.1 Å². The Hall–Kier alpha value is -1.85. The van der Waals surface area contributed by atoms with Gasteiger partial charge in [-0.05, 0) is 36.1 Å². The summed E-state index contributed by atoms with van der Waals surface area (Å²) in [5.74, 6) is 1.23. The van der Waals surface area contributed by atoms with E-state index in [2.05, 4.69) is 28.1 Å². The molecule has 1 saturated heterocycles. The van der Waals surface area contributed by atoms with Crippen molar-refractivity contribution in [2.45, 2.75) is 56.5 Å². The van der Waals surface area contributed by atoms with E-state index in [9.17, 15) is 4.79 Å². The highest BCUT2D eigenvalue weighted by molar-refractivity contribution is 9.10. The number of ether oxygens (including phenoxy) is 3. The first-order valence-corrected chi connectivity index (χ1v) is 10.3. The predicted octanol–water partition coefficient (Wildman–Crippen LogP) is 4.53. The molecule has 0 aromatic heterocycles. The van der Waals surface area contributed by atoms with Crippen LogP contribution in [0.2, 0.25) is 0 Å². The zero-order valence-electron chi connectivity index (χ0n) is 14.9. The standard InChI is InChI=1S/C22H21BrO4/c23-15-9-14(7-4-8-19(24)25-12-13-5-2-1-3-6-13)21-16(10-15)20-17(26-21)11-18-22(20)27-18/h1-3,5-6,9-10,17-18,20,22H,4,7-8,11-12H2/t17?,18-,20?,22-/m1/s1. The molecule has 5 heteroatoms. The number of carbonyl (C=O) groups is 1. The number of hydrogen-bond acceptors (Lipinski definition) is 4. The van der Waals surface area contributed by atoms with Gasteiger partial charge < -0.3 is 14.2 Å². The number of aryl methyl sites for hydroxylation is 1. The summed E-state index contributed by atoms with van der Waals surface area (Å²) in [4.78, 5) is 12.0. The Morgan fingerprint density at radius 1 is 1.19 bits per heavy atom. The number of benzene rings is 2. The third kappa shape index (κ3) is 3.39. The van der Waals surface area contributed by atoms with Crippen LogP contribution in [0.15, 0.2) is 46.9 Å². The van der Waals surface area contributed by atoms with Gasteiger partial charge >= 0.3 is 5.97 Å². The zero-order valence-corrected chi connectivity index (χ0v) is 16.5. The maximum absolute atomic E-state index is 12.0. The molecule has 4 nitrogen and oxygen atoms in total. The van der Waals surface area contributed by atoms with Crippen molar-refractivity contribution in [1.82, 2.24) is 0 Å². The third-order valence-corrected chi connectivity index (χ3v) is 6.16. The van der Waals surface area contributed by atoms with Crippen LogP contribution >= 0.6 is 15.9 Å². The molecule has 2 fully saturated rings. The van der Waals surface area contributed by atoms with E-state index in [0.717, 1.165) is 35.0 Å². The molecule has 1 saturated carbocycles. The summed E-state index contributed by atoms with van der Waals surface area (Å²) in [5.41, 5.74) is 3.44. The van der Waals surface area contributed by atoms with Gasteiger partial charge in [-0.1, -0.05) is 46.3 Å². The Morgan fingerprint density at radius 2 is 2.04 bits per heavy atom. The van der Waals surface area contributed by atoms with Crippen molar-refractivity contribution in [3.63, 3.8) is 0 Å². The normalized spacial score (nSPS) is 26.7. The van der Waals surface area contributed by atoms with Crippen molar-refractivity contribution < 1.29 is 19.0 Å². The van der Waals surface area contributed by atoms with Crippen molar-refractivity contribution in [2.75, 3.05) is 0 Å². The summed E-state index contributed by atoms with van der Waals surface area (Å²) in [7, 11) is 0. The van der Waals surface area contributed by atoms with Gasteiger partial charge in [-0.3, -0.25) is 4.79 Å². The summed E-state index contributed by atoms with van der Waals surface area (Å²) in [5, 5.41) is 0. The molecule has 0 amide bonds. The molecule has 2 unspecified atom stereocenters. The second kappa shape index (κ2) is 6.95. The fourth-order valence-electron chi connectivity index (χ4n) is 4.38. The van der Waals surface area contributed by atoms with Crippen molar-refractivity contribution in [3.8, 4) is 5.75 Å². The van der Waals surface area contributed by atoms with Crippen LogP contribution in [0.1, 0.15) is 41.9 Å². The molecule has 27 heavy (non-hydrogen) atoms. The van der Waals surface area contributed by atoms with Gasteiger partial charge in [-0.2, -0.15) is 0 Å². The van der Waals surface area contributed by atoms with Gasteiger partial charge in [0.05, 0.1) is 18.1 Å². The minimum atomic E-state index is -0.155. The zero-order chi connectivity index (χ0) is 18.4. The predicted molar refractivity (Wildman–Crippen MR) is 104 cm³/mol. The first kappa shape index (κ1) is 17.3. The molecule has 0 radical (unpaired) electrons. The smallest absolute Gasteiger partial charge is 0.306 e. The largest absolute Gasteiger partial charge is 0.489 e. The number of halogens is 1. The van der Waals surface area contributed by atoms with Crippen LogP contribution in [0.5, 0.6) is 5.75 Å². The van der Waals surface area contributed by atoms with E-state index in [4.69, 9.17) is 14.2 Å². The molecular weight excluding hydrogens is 408 g/mol. The SMILES string of the molecule is O=C(CCCc1cc(Br)cc2c1OC1C[C@H]3O[C@H]3C21)OCc1ccccc1. The summed E-state index contributed by atoms with van der Waals surface area (Å²) >= 11 is 3.63. The van der Waals surface area contributed by atoms with Gasteiger partial charge in [0, 0.05) is 22.9 Å². The quantitative estimate of drug-likeness (QED) is 0.500. The lowest BCUT2D eigenvalue weighted by Crippen LogP contribution is -2.17. The van der Waals surface area contributed by atoms with Gasteiger partial charge in [-0.15, -0.1) is 0 Å². The number of rotatable bonds is 6. The van der Waals surface area contributed by atoms with Crippen LogP contribution in [0.25, 0.3) is 0 Å². The Morgan fingerprint density at radius 3 is 2.89 bits per heavy atom. The van der Waals surface area contributed by atoms with Gasteiger partial charge in [-0.25, -0.2) is 0 Å². The molecule has 5 rings (SSSR count). The molecule has 2 aliphatic heterocycles. The summed E-state index contributed by atoms with van der Waals surface area (Å²) in [6, 6.07) is 14.0. The highest BCUT2D eigenvalue weighted by Gasteiger charge is 2.60. The van der Waals surface area contributed by atoms with Gasteiger partial charge in [0.25, 0.3) is 0 Å². The lowest BCUT2D eigenvalue weighted by Gasteiger charge is -2.12. The van der Waals surface area contributed by atoms with Crippen molar-refractivity contribution in [1.29, 1.82) is 0 Å². The average Bonchev–Trinajstić information content (AvgIpc) is 3.18. The van der Waals surface area contributed by atoms with Crippen LogP contribution < -0.4 is 4.74 Å². The van der Waals surface area contributed by atoms with Crippen LogP contribution in [0, 0.1) is 0 Å². The highest BCUT2D eigenvalue weighted by atomic mass is 79.9. The maximum atomic E-state index is 12.0. The summed E-state index contributed by atoms with van der Waals surface area (Å²) in [6.07, 6.45) is 3.95. The van der Waals surface area contributed by atoms with E-state index >= 15 is 0 Å². The molecule has 2 aromatic rings. The fourth-order valence-corrected chi connectivity index (χ4v) is 4.91. The molecular formula is C22H21BrO4. The van der Waals surface area contributed by atoms with Crippen LogP contribution in [-0.2, 0) is 27.3 Å². The lowest BCUT2D eigenvalue weighted by atomic mass is 9.94. The summed E-state index contributed by atoms with van der Waals surface area (Å²) in [6.45, 7) is 0.334.